The third kappa shape index (κ3) is 3.26. The van der Waals surface area contributed by atoms with E-state index in [0.29, 0.717) is 6.61 Å². The molecule has 1 aromatic heterocycles. The molecular formula is C13H13BrINOS. The standard InChI is InChI=1S/C13H13BrINOS/c1-2-17-11-4-3-8(5-10(11)14)13(16)9-6-12(15)18-7-9/h3-7,13H,2,16H2,1H3. The van der Waals surface area contributed by atoms with Gasteiger partial charge in [-0.15, -0.1) is 11.3 Å². The van der Waals surface area contributed by atoms with Gasteiger partial charge in [0.25, 0.3) is 0 Å². The predicted molar refractivity (Wildman–Crippen MR) is 88.4 cm³/mol. The summed E-state index contributed by atoms with van der Waals surface area (Å²) in [5.74, 6) is 0.855. The Kier molecular flexibility index (Phi) is 5.06. The van der Waals surface area contributed by atoms with Gasteiger partial charge in [0.15, 0.2) is 0 Å². The summed E-state index contributed by atoms with van der Waals surface area (Å²) in [7, 11) is 0. The number of hydrogen-bond acceptors (Lipinski definition) is 3. The van der Waals surface area contributed by atoms with Crippen LogP contribution in [0.4, 0.5) is 0 Å². The lowest BCUT2D eigenvalue weighted by Crippen LogP contribution is -2.11. The molecule has 0 aliphatic heterocycles. The van der Waals surface area contributed by atoms with Crippen LogP contribution in [-0.4, -0.2) is 6.61 Å². The molecule has 1 aromatic carbocycles. The van der Waals surface area contributed by atoms with Crippen molar-refractivity contribution in [2.45, 2.75) is 13.0 Å². The van der Waals surface area contributed by atoms with Crippen LogP contribution >= 0.6 is 49.9 Å². The zero-order chi connectivity index (χ0) is 13.1. The maximum atomic E-state index is 6.26. The van der Waals surface area contributed by atoms with Gasteiger partial charge in [-0.1, -0.05) is 6.07 Å². The van der Waals surface area contributed by atoms with E-state index >= 15 is 0 Å². The molecule has 0 fully saturated rings. The molecule has 0 aliphatic rings. The molecule has 0 bridgehead atoms. The van der Waals surface area contributed by atoms with E-state index in [-0.39, 0.29) is 6.04 Å². The third-order valence-electron chi connectivity index (χ3n) is 2.56. The zero-order valence-corrected chi connectivity index (χ0v) is 14.4. The van der Waals surface area contributed by atoms with E-state index in [0.717, 1.165) is 21.3 Å². The number of ether oxygens (including phenoxy) is 1. The van der Waals surface area contributed by atoms with Gasteiger partial charge in [0.1, 0.15) is 5.75 Å². The lowest BCUT2D eigenvalue weighted by atomic mass is 10.0. The topological polar surface area (TPSA) is 35.2 Å². The summed E-state index contributed by atoms with van der Waals surface area (Å²) in [5, 5.41) is 2.11. The zero-order valence-electron chi connectivity index (χ0n) is 9.82. The number of rotatable bonds is 4. The quantitative estimate of drug-likeness (QED) is 0.711. The van der Waals surface area contributed by atoms with Crippen molar-refractivity contribution in [3.05, 3.63) is 48.1 Å². The Labute approximate surface area is 133 Å². The minimum Gasteiger partial charge on any atom is -0.493 e. The fraction of sp³-hybridized carbons (Fsp3) is 0.231. The highest BCUT2D eigenvalue weighted by Crippen LogP contribution is 2.31. The smallest absolute Gasteiger partial charge is 0.133 e. The van der Waals surface area contributed by atoms with E-state index in [4.69, 9.17) is 10.5 Å². The monoisotopic (exact) mass is 437 g/mol. The van der Waals surface area contributed by atoms with E-state index in [1.54, 1.807) is 11.3 Å². The molecule has 0 saturated heterocycles. The summed E-state index contributed by atoms with van der Waals surface area (Å²) in [6, 6.07) is 8.04. The highest BCUT2D eigenvalue weighted by atomic mass is 127. The average Bonchev–Trinajstić information content (AvgIpc) is 2.78. The maximum absolute atomic E-state index is 6.26. The van der Waals surface area contributed by atoms with Crippen LogP contribution in [0.1, 0.15) is 24.1 Å². The van der Waals surface area contributed by atoms with E-state index in [9.17, 15) is 0 Å². The van der Waals surface area contributed by atoms with Gasteiger partial charge in [-0.3, -0.25) is 0 Å². The molecular weight excluding hydrogens is 425 g/mol. The highest BCUT2D eigenvalue weighted by Gasteiger charge is 2.12. The molecule has 5 heteroatoms. The SMILES string of the molecule is CCOc1ccc(C(N)c2csc(I)c2)cc1Br. The van der Waals surface area contributed by atoms with E-state index in [1.807, 2.05) is 25.1 Å². The lowest BCUT2D eigenvalue weighted by Gasteiger charge is -2.13. The molecule has 0 amide bonds. The highest BCUT2D eigenvalue weighted by molar-refractivity contribution is 14.1. The van der Waals surface area contributed by atoms with Crippen molar-refractivity contribution in [1.29, 1.82) is 0 Å². The molecule has 1 heterocycles. The van der Waals surface area contributed by atoms with Crippen molar-refractivity contribution in [3.63, 3.8) is 0 Å². The van der Waals surface area contributed by atoms with Crippen molar-refractivity contribution >= 4 is 49.9 Å². The van der Waals surface area contributed by atoms with E-state index < -0.39 is 0 Å². The van der Waals surface area contributed by atoms with Crippen LogP contribution in [0.2, 0.25) is 0 Å². The first-order valence-corrected chi connectivity index (χ1v) is 8.28. The number of benzene rings is 1. The normalized spacial score (nSPS) is 12.4. The second kappa shape index (κ2) is 6.36. The van der Waals surface area contributed by atoms with Crippen LogP contribution in [0.3, 0.4) is 0 Å². The summed E-state index contributed by atoms with van der Waals surface area (Å²) in [4.78, 5) is 0. The van der Waals surface area contributed by atoms with Crippen LogP contribution in [0.25, 0.3) is 0 Å². The van der Waals surface area contributed by atoms with Gasteiger partial charge in [0.2, 0.25) is 0 Å². The Hall–Kier alpha value is -0.110. The molecule has 96 valence electrons. The second-order valence-corrected chi connectivity index (χ2v) is 7.44. The number of hydrogen-bond donors (Lipinski definition) is 1. The summed E-state index contributed by atoms with van der Waals surface area (Å²) in [5.41, 5.74) is 8.50. The molecule has 2 nitrogen and oxygen atoms in total. The van der Waals surface area contributed by atoms with Crippen LogP contribution in [0.5, 0.6) is 5.75 Å². The molecule has 2 aromatic rings. The summed E-state index contributed by atoms with van der Waals surface area (Å²) in [6.07, 6.45) is 0. The van der Waals surface area contributed by atoms with Crippen LogP contribution < -0.4 is 10.5 Å². The fourth-order valence-corrected chi connectivity index (χ4v) is 3.58. The van der Waals surface area contributed by atoms with E-state index in [1.165, 1.54) is 2.88 Å². The summed E-state index contributed by atoms with van der Waals surface area (Å²) < 4.78 is 7.69. The maximum Gasteiger partial charge on any atom is 0.133 e. The lowest BCUT2D eigenvalue weighted by molar-refractivity contribution is 0.338. The Balaban J connectivity index is 2.26. The van der Waals surface area contributed by atoms with Gasteiger partial charge in [-0.05, 0) is 80.2 Å². The van der Waals surface area contributed by atoms with E-state index in [2.05, 4.69) is 50.0 Å². The summed E-state index contributed by atoms with van der Waals surface area (Å²) in [6.45, 7) is 2.63. The first kappa shape index (κ1) is 14.3. The van der Waals surface area contributed by atoms with Crippen molar-refractivity contribution in [1.82, 2.24) is 0 Å². The van der Waals surface area contributed by atoms with Gasteiger partial charge in [0.05, 0.1) is 20.0 Å². The van der Waals surface area contributed by atoms with Crippen LogP contribution in [0, 0.1) is 2.88 Å². The molecule has 0 spiro atoms. The number of thiophene rings is 1. The Morgan fingerprint density at radius 3 is 2.72 bits per heavy atom. The predicted octanol–water partition coefficient (Wildman–Crippen LogP) is 4.56. The molecule has 0 radical (unpaired) electrons. The van der Waals surface area contributed by atoms with Gasteiger partial charge in [-0.25, -0.2) is 0 Å². The van der Waals surface area contributed by atoms with Gasteiger partial charge < -0.3 is 10.5 Å². The van der Waals surface area contributed by atoms with Crippen LogP contribution in [-0.2, 0) is 0 Å². The van der Waals surface area contributed by atoms with Gasteiger partial charge >= 0.3 is 0 Å². The Morgan fingerprint density at radius 2 is 2.17 bits per heavy atom. The molecule has 1 unspecified atom stereocenters. The number of nitrogens with two attached hydrogens (primary N) is 1. The Bertz CT molecular complexity index is 544. The largest absolute Gasteiger partial charge is 0.493 e. The molecule has 2 N–H and O–H groups in total. The van der Waals surface area contributed by atoms with Crippen molar-refractivity contribution in [2.75, 3.05) is 6.61 Å². The van der Waals surface area contributed by atoms with Crippen molar-refractivity contribution in [3.8, 4) is 5.75 Å². The molecule has 1 atom stereocenters. The fourth-order valence-electron chi connectivity index (χ4n) is 1.66. The molecule has 18 heavy (non-hydrogen) atoms. The minimum atomic E-state index is -0.0863. The molecule has 2 rings (SSSR count). The second-order valence-electron chi connectivity index (χ2n) is 3.78. The third-order valence-corrected chi connectivity index (χ3v) is 4.99. The van der Waals surface area contributed by atoms with Crippen LogP contribution in [0.15, 0.2) is 34.1 Å². The first-order valence-electron chi connectivity index (χ1n) is 5.53. The summed E-state index contributed by atoms with van der Waals surface area (Å²) >= 11 is 7.54. The minimum absolute atomic E-state index is 0.0863. The van der Waals surface area contributed by atoms with Crippen molar-refractivity contribution in [2.24, 2.45) is 5.73 Å². The Morgan fingerprint density at radius 1 is 1.39 bits per heavy atom. The van der Waals surface area contributed by atoms with Crippen molar-refractivity contribution < 1.29 is 4.74 Å². The molecule has 0 saturated carbocycles. The average molecular weight is 438 g/mol. The number of halogens is 2. The first-order chi connectivity index (χ1) is 8.61. The molecule has 0 aliphatic carbocycles. The van der Waals surface area contributed by atoms with Gasteiger partial charge in [-0.2, -0.15) is 0 Å². The van der Waals surface area contributed by atoms with Gasteiger partial charge in [0, 0.05) is 0 Å².